The first-order valence-corrected chi connectivity index (χ1v) is 5.69. The first kappa shape index (κ1) is 12.4. The molecule has 1 rings (SSSR count). The quantitative estimate of drug-likeness (QED) is 0.369. The van der Waals surface area contributed by atoms with Gasteiger partial charge in [0, 0.05) is 13.2 Å². The summed E-state index contributed by atoms with van der Waals surface area (Å²) >= 11 is 0. The lowest BCUT2D eigenvalue weighted by Crippen LogP contribution is -2.22. The van der Waals surface area contributed by atoms with E-state index in [-0.39, 0.29) is 6.29 Å². The molecule has 0 aromatic heterocycles. The topological polar surface area (TPSA) is 35.5 Å². The third-order valence-corrected chi connectivity index (χ3v) is 2.50. The van der Waals surface area contributed by atoms with Gasteiger partial charge in [-0.3, -0.25) is 4.79 Å². The smallest absolute Gasteiger partial charge is 0.157 e. The molecule has 0 saturated carbocycles. The molecule has 0 aliphatic carbocycles. The van der Waals surface area contributed by atoms with Crippen molar-refractivity contribution >= 4 is 6.29 Å². The van der Waals surface area contributed by atoms with Crippen molar-refractivity contribution in [3.63, 3.8) is 0 Å². The number of carbonyl (C=O) groups excluding carboxylic acids is 1. The lowest BCUT2D eigenvalue weighted by Gasteiger charge is -2.22. The highest BCUT2D eigenvalue weighted by Gasteiger charge is 2.13. The third kappa shape index (κ3) is 5.70. The highest BCUT2D eigenvalue weighted by Crippen LogP contribution is 2.14. The van der Waals surface area contributed by atoms with E-state index in [1.165, 1.54) is 6.42 Å². The molecule has 0 bridgehead atoms. The van der Waals surface area contributed by atoms with E-state index in [1.54, 1.807) is 0 Å². The summed E-state index contributed by atoms with van der Waals surface area (Å²) in [5.74, 6) is 0. The van der Waals surface area contributed by atoms with Gasteiger partial charge in [-0.05, 0) is 44.1 Å². The molecule has 1 heterocycles. The molecule has 0 amide bonds. The number of carbonyl (C=O) groups is 1. The van der Waals surface area contributed by atoms with Crippen LogP contribution in [-0.2, 0) is 14.3 Å². The number of hydrogen-bond acceptors (Lipinski definition) is 3. The van der Waals surface area contributed by atoms with E-state index in [2.05, 4.69) is 6.58 Å². The van der Waals surface area contributed by atoms with Crippen LogP contribution in [0.4, 0.5) is 0 Å². The number of allylic oxidation sites excluding steroid dienone is 1. The van der Waals surface area contributed by atoms with Gasteiger partial charge in [0.15, 0.2) is 6.29 Å². The highest BCUT2D eigenvalue weighted by molar-refractivity contribution is 5.71. The summed E-state index contributed by atoms with van der Waals surface area (Å²) in [5.41, 5.74) is 0.670. The van der Waals surface area contributed by atoms with E-state index in [0.29, 0.717) is 5.57 Å². The second-order valence-electron chi connectivity index (χ2n) is 3.90. The van der Waals surface area contributed by atoms with Crippen molar-refractivity contribution in [2.24, 2.45) is 0 Å². The van der Waals surface area contributed by atoms with Crippen LogP contribution in [0.5, 0.6) is 0 Å². The lowest BCUT2D eigenvalue weighted by atomic mass is 10.1. The van der Waals surface area contributed by atoms with Crippen molar-refractivity contribution in [3.8, 4) is 0 Å². The van der Waals surface area contributed by atoms with Gasteiger partial charge in [0.1, 0.15) is 6.29 Å². The molecule has 0 aromatic carbocycles. The molecule has 3 heteroatoms. The van der Waals surface area contributed by atoms with Crippen molar-refractivity contribution in [3.05, 3.63) is 12.2 Å². The molecule has 1 unspecified atom stereocenters. The standard InChI is InChI=1S/C12H20O3/c1-11(10-13)6-2-4-8-14-12-7-3-5-9-15-12/h10,12H,1-9H2. The summed E-state index contributed by atoms with van der Waals surface area (Å²) in [7, 11) is 0. The average Bonchev–Trinajstić information content (AvgIpc) is 2.29. The van der Waals surface area contributed by atoms with Gasteiger partial charge in [-0.2, -0.15) is 0 Å². The molecule has 0 radical (unpaired) electrons. The summed E-state index contributed by atoms with van der Waals surface area (Å²) in [6.07, 6.45) is 6.90. The fourth-order valence-corrected chi connectivity index (χ4v) is 1.57. The van der Waals surface area contributed by atoms with Gasteiger partial charge in [-0.25, -0.2) is 0 Å². The minimum atomic E-state index is 0.00743. The van der Waals surface area contributed by atoms with Crippen LogP contribution < -0.4 is 0 Å². The summed E-state index contributed by atoms with van der Waals surface area (Å²) in [4.78, 5) is 10.3. The summed E-state index contributed by atoms with van der Waals surface area (Å²) in [6, 6.07) is 0. The Labute approximate surface area is 91.4 Å². The van der Waals surface area contributed by atoms with Crippen LogP contribution >= 0.6 is 0 Å². The van der Waals surface area contributed by atoms with Crippen LogP contribution in [0.2, 0.25) is 0 Å². The summed E-state index contributed by atoms with van der Waals surface area (Å²) in [6.45, 7) is 5.17. The van der Waals surface area contributed by atoms with Crippen LogP contribution in [-0.4, -0.2) is 25.8 Å². The number of unbranched alkanes of at least 4 members (excludes halogenated alkanes) is 1. The predicted octanol–water partition coefficient (Wildman–Crippen LogP) is 2.46. The molecule has 1 aliphatic heterocycles. The Kier molecular flexibility index (Phi) is 6.28. The molecule has 3 nitrogen and oxygen atoms in total. The molecular weight excluding hydrogens is 192 g/mol. The van der Waals surface area contributed by atoms with E-state index in [4.69, 9.17) is 9.47 Å². The largest absolute Gasteiger partial charge is 0.353 e. The molecule has 15 heavy (non-hydrogen) atoms. The molecule has 0 N–H and O–H groups in total. The Morgan fingerprint density at radius 2 is 2.33 bits per heavy atom. The van der Waals surface area contributed by atoms with Crippen molar-refractivity contribution < 1.29 is 14.3 Å². The normalized spacial score (nSPS) is 21.2. The number of rotatable bonds is 7. The van der Waals surface area contributed by atoms with Crippen LogP contribution in [0, 0.1) is 0 Å². The van der Waals surface area contributed by atoms with Crippen LogP contribution in [0.3, 0.4) is 0 Å². The van der Waals surface area contributed by atoms with Gasteiger partial charge in [-0.1, -0.05) is 6.58 Å². The zero-order chi connectivity index (χ0) is 10.9. The molecule has 1 aliphatic rings. The van der Waals surface area contributed by atoms with Crippen LogP contribution in [0.15, 0.2) is 12.2 Å². The Bertz CT molecular complexity index is 195. The average molecular weight is 212 g/mol. The van der Waals surface area contributed by atoms with E-state index in [9.17, 15) is 4.79 Å². The third-order valence-electron chi connectivity index (χ3n) is 2.50. The minimum absolute atomic E-state index is 0.00743. The van der Waals surface area contributed by atoms with Crippen molar-refractivity contribution in [1.82, 2.24) is 0 Å². The predicted molar refractivity (Wildman–Crippen MR) is 58.6 cm³/mol. The van der Waals surface area contributed by atoms with Gasteiger partial charge < -0.3 is 9.47 Å². The molecular formula is C12H20O3. The van der Waals surface area contributed by atoms with Crippen LogP contribution in [0.1, 0.15) is 38.5 Å². The maximum atomic E-state index is 10.3. The zero-order valence-corrected chi connectivity index (χ0v) is 9.24. The first-order chi connectivity index (χ1) is 7.33. The van der Waals surface area contributed by atoms with Gasteiger partial charge in [-0.15, -0.1) is 0 Å². The van der Waals surface area contributed by atoms with E-state index in [1.807, 2.05) is 0 Å². The van der Waals surface area contributed by atoms with E-state index >= 15 is 0 Å². The molecule has 1 atom stereocenters. The van der Waals surface area contributed by atoms with Crippen molar-refractivity contribution in [2.45, 2.75) is 44.8 Å². The highest BCUT2D eigenvalue weighted by atomic mass is 16.7. The molecule has 1 fully saturated rings. The SMILES string of the molecule is C=C(C=O)CCCCOC1CCCCO1. The Morgan fingerprint density at radius 3 is 3.00 bits per heavy atom. The second-order valence-corrected chi connectivity index (χ2v) is 3.90. The van der Waals surface area contributed by atoms with Gasteiger partial charge in [0.25, 0.3) is 0 Å². The fourth-order valence-electron chi connectivity index (χ4n) is 1.57. The number of hydrogen-bond donors (Lipinski definition) is 0. The summed E-state index contributed by atoms with van der Waals surface area (Å²) in [5, 5.41) is 0. The maximum Gasteiger partial charge on any atom is 0.157 e. The van der Waals surface area contributed by atoms with Gasteiger partial charge >= 0.3 is 0 Å². The lowest BCUT2D eigenvalue weighted by molar-refractivity contribution is -0.162. The molecule has 1 saturated heterocycles. The zero-order valence-electron chi connectivity index (χ0n) is 9.24. The molecule has 0 aromatic rings. The van der Waals surface area contributed by atoms with Gasteiger partial charge in [0.05, 0.1) is 0 Å². The monoisotopic (exact) mass is 212 g/mol. The van der Waals surface area contributed by atoms with E-state index < -0.39 is 0 Å². The van der Waals surface area contributed by atoms with Crippen molar-refractivity contribution in [1.29, 1.82) is 0 Å². The van der Waals surface area contributed by atoms with E-state index in [0.717, 1.165) is 51.6 Å². The Hall–Kier alpha value is -0.670. The Balaban J connectivity index is 1.91. The Morgan fingerprint density at radius 1 is 1.47 bits per heavy atom. The minimum Gasteiger partial charge on any atom is -0.353 e. The number of aldehydes is 1. The van der Waals surface area contributed by atoms with Gasteiger partial charge in [0.2, 0.25) is 0 Å². The second kappa shape index (κ2) is 7.60. The number of ether oxygens (including phenoxy) is 2. The maximum absolute atomic E-state index is 10.3. The first-order valence-electron chi connectivity index (χ1n) is 5.69. The fraction of sp³-hybridized carbons (Fsp3) is 0.750. The van der Waals surface area contributed by atoms with Crippen molar-refractivity contribution in [2.75, 3.05) is 13.2 Å². The van der Waals surface area contributed by atoms with Crippen LogP contribution in [0.25, 0.3) is 0 Å². The molecule has 0 spiro atoms. The summed E-state index contributed by atoms with van der Waals surface area (Å²) < 4.78 is 11.0. The molecule has 86 valence electrons.